The standard InChI is InChI=1S/C9H11ClN2OS/c1-6(9(14)11-2)13-7-3-4-8(10)12-5-7/h3-6H,1-2H3,(H,11,14). The molecule has 0 spiro atoms. The molecule has 76 valence electrons. The summed E-state index contributed by atoms with van der Waals surface area (Å²) in [6.45, 7) is 1.87. The van der Waals surface area contributed by atoms with E-state index in [9.17, 15) is 0 Å². The minimum Gasteiger partial charge on any atom is -0.482 e. The first kappa shape index (κ1) is 11.2. The van der Waals surface area contributed by atoms with Crippen molar-refractivity contribution in [3.05, 3.63) is 23.5 Å². The maximum atomic E-state index is 5.63. The number of rotatable bonds is 3. The van der Waals surface area contributed by atoms with Gasteiger partial charge in [-0.1, -0.05) is 23.8 Å². The van der Waals surface area contributed by atoms with Crippen LogP contribution in [-0.2, 0) is 0 Å². The number of hydrogen-bond donors (Lipinski definition) is 1. The molecule has 0 fully saturated rings. The molecule has 1 aromatic heterocycles. The molecule has 0 radical (unpaired) electrons. The van der Waals surface area contributed by atoms with Crippen molar-refractivity contribution in [3.8, 4) is 5.75 Å². The first-order chi connectivity index (χ1) is 6.63. The summed E-state index contributed by atoms with van der Waals surface area (Å²) < 4.78 is 5.50. The van der Waals surface area contributed by atoms with Crippen LogP contribution in [0.15, 0.2) is 18.3 Å². The van der Waals surface area contributed by atoms with E-state index in [1.807, 2.05) is 6.92 Å². The first-order valence-electron chi connectivity index (χ1n) is 4.13. The number of ether oxygens (including phenoxy) is 1. The number of halogens is 1. The lowest BCUT2D eigenvalue weighted by molar-refractivity contribution is 0.285. The van der Waals surface area contributed by atoms with Crippen LogP contribution < -0.4 is 10.1 Å². The van der Waals surface area contributed by atoms with Gasteiger partial charge in [0.2, 0.25) is 0 Å². The maximum Gasteiger partial charge on any atom is 0.146 e. The van der Waals surface area contributed by atoms with Gasteiger partial charge in [-0.15, -0.1) is 0 Å². The van der Waals surface area contributed by atoms with Crippen molar-refractivity contribution in [3.63, 3.8) is 0 Å². The number of likely N-dealkylation sites (N-methyl/N-ethyl adjacent to an activating group) is 1. The minimum atomic E-state index is -0.169. The molecule has 0 aliphatic rings. The molecule has 0 saturated heterocycles. The van der Waals surface area contributed by atoms with Crippen molar-refractivity contribution in [2.45, 2.75) is 13.0 Å². The van der Waals surface area contributed by atoms with Gasteiger partial charge in [0, 0.05) is 7.05 Å². The fourth-order valence-corrected chi connectivity index (χ4v) is 1.05. The van der Waals surface area contributed by atoms with Crippen LogP contribution in [0.4, 0.5) is 0 Å². The average molecular weight is 231 g/mol. The number of nitrogens with one attached hydrogen (secondary N) is 1. The maximum absolute atomic E-state index is 5.63. The van der Waals surface area contributed by atoms with Gasteiger partial charge >= 0.3 is 0 Å². The second-order valence-electron chi connectivity index (χ2n) is 2.69. The first-order valence-corrected chi connectivity index (χ1v) is 4.92. The molecule has 0 amide bonds. The minimum absolute atomic E-state index is 0.169. The van der Waals surface area contributed by atoms with Gasteiger partial charge in [0.15, 0.2) is 0 Å². The summed E-state index contributed by atoms with van der Waals surface area (Å²) in [5, 5.41) is 3.30. The Balaban J connectivity index is 2.60. The Morgan fingerprint density at radius 1 is 1.64 bits per heavy atom. The highest BCUT2D eigenvalue weighted by atomic mass is 35.5. The number of thiocarbonyl (C=S) groups is 1. The molecule has 0 bridgehead atoms. The quantitative estimate of drug-likeness (QED) is 0.637. The molecule has 0 aliphatic carbocycles. The Kier molecular flexibility index (Phi) is 4.10. The van der Waals surface area contributed by atoms with Crippen LogP contribution in [0.2, 0.25) is 5.15 Å². The van der Waals surface area contributed by atoms with Crippen LogP contribution in [0.25, 0.3) is 0 Å². The topological polar surface area (TPSA) is 34.1 Å². The molecular formula is C9H11ClN2OS. The molecule has 5 heteroatoms. The van der Waals surface area contributed by atoms with Crippen LogP contribution >= 0.6 is 23.8 Å². The Labute approximate surface area is 93.4 Å². The number of nitrogens with zero attached hydrogens (tertiary/aromatic N) is 1. The number of aromatic nitrogens is 1. The zero-order valence-electron chi connectivity index (χ0n) is 7.95. The van der Waals surface area contributed by atoms with Crippen LogP contribution in [0.5, 0.6) is 5.75 Å². The normalized spacial score (nSPS) is 11.9. The van der Waals surface area contributed by atoms with Crippen molar-refractivity contribution in [1.29, 1.82) is 0 Å². The second-order valence-corrected chi connectivity index (χ2v) is 3.52. The van der Waals surface area contributed by atoms with E-state index in [1.54, 1.807) is 25.4 Å². The Bertz CT molecular complexity index is 315. The van der Waals surface area contributed by atoms with E-state index in [1.165, 1.54) is 0 Å². The third-order valence-electron chi connectivity index (χ3n) is 1.63. The Morgan fingerprint density at radius 3 is 2.86 bits per heavy atom. The van der Waals surface area contributed by atoms with Gasteiger partial charge in [-0.25, -0.2) is 4.98 Å². The summed E-state index contributed by atoms with van der Waals surface area (Å²) in [6, 6.07) is 3.43. The van der Waals surface area contributed by atoms with Gasteiger partial charge in [-0.3, -0.25) is 0 Å². The van der Waals surface area contributed by atoms with E-state index in [2.05, 4.69) is 10.3 Å². The van der Waals surface area contributed by atoms with Crippen LogP contribution in [-0.4, -0.2) is 23.1 Å². The van der Waals surface area contributed by atoms with Gasteiger partial charge in [0.1, 0.15) is 22.0 Å². The molecule has 1 heterocycles. The molecule has 14 heavy (non-hydrogen) atoms. The van der Waals surface area contributed by atoms with Crippen molar-refractivity contribution in [2.24, 2.45) is 0 Å². The van der Waals surface area contributed by atoms with Crippen molar-refractivity contribution < 1.29 is 4.74 Å². The largest absolute Gasteiger partial charge is 0.482 e. The lowest BCUT2D eigenvalue weighted by Gasteiger charge is -2.14. The molecule has 3 nitrogen and oxygen atoms in total. The highest BCUT2D eigenvalue weighted by molar-refractivity contribution is 7.80. The zero-order chi connectivity index (χ0) is 10.6. The highest BCUT2D eigenvalue weighted by Gasteiger charge is 2.08. The smallest absolute Gasteiger partial charge is 0.146 e. The third-order valence-corrected chi connectivity index (χ3v) is 2.39. The molecule has 1 atom stereocenters. The van der Waals surface area contributed by atoms with Gasteiger partial charge in [0.05, 0.1) is 6.20 Å². The van der Waals surface area contributed by atoms with Crippen molar-refractivity contribution >= 4 is 28.8 Å². The van der Waals surface area contributed by atoms with Crippen molar-refractivity contribution in [1.82, 2.24) is 10.3 Å². The zero-order valence-corrected chi connectivity index (χ0v) is 9.52. The Hall–Kier alpha value is -0.870. The van der Waals surface area contributed by atoms with E-state index >= 15 is 0 Å². The molecular weight excluding hydrogens is 220 g/mol. The molecule has 1 unspecified atom stereocenters. The van der Waals surface area contributed by atoms with E-state index < -0.39 is 0 Å². The highest BCUT2D eigenvalue weighted by Crippen LogP contribution is 2.13. The fourth-order valence-electron chi connectivity index (χ4n) is 0.893. The lowest BCUT2D eigenvalue weighted by Crippen LogP contribution is -2.32. The van der Waals surface area contributed by atoms with Gasteiger partial charge in [-0.05, 0) is 19.1 Å². The van der Waals surface area contributed by atoms with Crippen LogP contribution in [0.1, 0.15) is 6.92 Å². The second kappa shape index (κ2) is 5.12. The molecule has 1 aromatic rings. The predicted octanol–water partition coefficient (Wildman–Crippen LogP) is 2.05. The monoisotopic (exact) mass is 230 g/mol. The van der Waals surface area contributed by atoms with Gasteiger partial charge < -0.3 is 10.1 Å². The lowest BCUT2D eigenvalue weighted by atomic mass is 10.4. The molecule has 1 N–H and O–H groups in total. The molecule has 1 rings (SSSR count). The summed E-state index contributed by atoms with van der Waals surface area (Å²) in [4.78, 5) is 4.55. The number of hydrogen-bond acceptors (Lipinski definition) is 3. The summed E-state index contributed by atoms with van der Waals surface area (Å²) in [7, 11) is 1.77. The molecule has 0 saturated carbocycles. The van der Waals surface area contributed by atoms with Gasteiger partial charge in [0.25, 0.3) is 0 Å². The van der Waals surface area contributed by atoms with Gasteiger partial charge in [-0.2, -0.15) is 0 Å². The summed E-state index contributed by atoms with van der Waals surface area (Å²) in [5.41, 5.74) is 0. The SMILES string of the molecule is CNC(=S)C(C)Oc1ccc(Cl)nc1. The fraction of sp³-hybridized carbons (Fsp3) is 0.333. The average Bonchev–Trinajstić information content (AvgIpc) is 2.20. The predicted molar refractivity (Wildman–Crippen MR) is 61.0 cm³/mol. The number of pyridine rings is 1. The third kappa shape index (κ3) is 3.12. The van der Waals surface area contributed by atoms with Crippen LogP contribution in [0, 0.1) is 0 Å². The van der Waals surface area contributed by atoms with E-state index in [0.717, 1.165) is 0 Å². The van der Waals surface area contributed by atoms with E-state index in [-0.39, 0.29) is 6.10 Å². The molecule has 0 aliphatic heterocycles. The van der Waals surface area contributed by atoms with E-state index in [4.69, 9.17) is 28.6 Å². The summed E-state index contributed by atoms with van der Waals surface area (Å²) >= 11 is 10.7. The van der Waals surface area contributed by atoms with Crippen molar-refractivity contribution in [2.75, 3.05) is 7.05 Å². The molecule has 0 aromatic carbocycles. The van der Waals surface area contributed by atoms with E-state index in [0.29, 0.717) is 15.9 Å². The summed E-state index contributed by atoms with van der Waals surface area (Å²) in [5.74, 6) is 0.652. The summed E-state index contributed by atoms with van der Waals surface area (Å²) in [6.07, 6.45) is 1.40. The van der Waals surface area contributed by atoms with Crippen LogP contribution in [0.3, 0.4) is 0 Å². The Morgan fingerprint density at radius 2 is 2.36 bits per heavy atom.